The lowest BCUT2D eigenvalue weighted by molar-refractivity contribution is -0.121. The van der Waals surface area contributed by atoms with Gasteiger partial charge in [-0.25, -0.2) is 0 Å². The van der Waals surface area contributed by atoms with Crippen LogP contribution in [0.1, 0.15) is 6.92 Å². The highest BCUT2D eigenvalue weighted by atomic mass is 16.5. The Labute approximate surface area is 117 Å². The van der Waals surface area contributed by atoms with E-state index in [1.54, 1.807) is 33.0 Å². The molecule has 0 radical (unpaired) electrons. The van der Waals surface area contributed by atoms with Gasteiger partial charge < -0.3 is 26.0 Å². The van der Waals surface area contributed by atoms with Crippen molar-refractivity contribution in [2.75, 3.05) is 50.3 Å². The minimum absolute atomic E-state index is 0.0955. The van der Waals surface area contributed by atoms with Crippen LogP contribution < -0.4 is 21.3 Å². The smallest absolute Gasteiger partial charge is 0.242 e. The molecule has 1 aromatic heterocycles. The zero-order valence-corrected chi connectivity index (χ0v) is 12.2. The van der Waals surface area contributed by atoms with E-state index in [2.05, 4.69) is 25.6 Å². The van der Waals surface area contributed by atoms with Gasteiger partial charge in [0.2, 0.25) is 23.8 Å². The van der Waals surface area contributed by atoms with Gasteiger partial charge in [-0.15, -0.1) is 0 Å². The van der Waals surface area contributed by atoms with Crippen LogP contribution in [0.3, 0.4) is 0 Å². The van der Waals surface area contributed by atoms with Gasteiger partial charge >= 0.3 is 0 Å². The maximum absolute atomic E-state index is 11.8. The summed E-state index contributed by atoms with van der Waals surface area (Å²) >= 11 is 0. The highest BCUT2D eigenvalue weighted by Crippen LogP contribution is 2.09. The molecule has 0 saturated carbocycles. The SMILES string of the molecule is COCCNC(=O)C(C)Nc1nc(N)nc(N(C)C)n1. The Kier molecular flexibility index (Phi) is 5.91. The Morgan fingerprint density at radius 1 is 1.40 bits per heavy atom. The Morgan fingerprint density at radius 3 is 2.70 bits per heavy atom. The number of aromatic nitrogens is 3. The van der Waals surface area contributed by atoms with Gasteiger partial charge in [0.25, 0.3) is 0 Å². The molecule has 9 heteroatoms. The lowest BCUT2D eigenvalue weighted by atomic mass is 10.3. The van der Waals surface area contributed by atoms with Crippen molar-refractivity contribution in [3.63, 3.8) is 0 Å². The molecule has 4 N–H and O–H groups in total. The summed E-state index contributed by atoms with van der Waals surface area (Å²) in [6, 6.07) is -0.497. The first kappa shape index (κ1) is 15.9. The Hall–Kier alpha value is -2.16. The summed E-state index contributed by atoms with van der Waals surface area (Å²) in [6.07, 6.45) is 0. The van der Waals surface area contributed by atoms with Gasteiger partial charge in [-0.05, 0) is 6.92 Å². The number of nitrogen functional groups attached to an aromatic ring is 1. The second-order valence-corrected chi connectivity index (χ2v) is 4.36. The topological polar surface area (TPSA) is 118 Å². The van der Waals surface area contributed by atoms with E-state index in [0.717, 1.165) is 0 Å². The van der Waals surface area contributed by atoms with E-state index in [0.29, 0.717) is 19.1 Å². The number of nitrogens with one attached hydrogen (secondary N) is 2. The monoisotopic (exact) mass is 283 g/mol. The second-order valence-electron chi connectivity index (χ2n) is 4.36. The molecule has 0 aliphatic carbocycles. The van der Waals surface area contributed by atoms with Crippen LogP contribution in [-0.4, -0.2) is 61.3 Å². The standard InChI is InChI=1S/C11H21N7O2/c1-7(8(19)13-5-6-20-4)14-10-15-9(12)16-11(17-10)18(2)3/h7H,5-6H2,1-4H3,(H,13,19)(H3,12,14,15,16,17). The molecule has 0 aliphatic heterocycles. The van der Waals surface area contributed by atoms with Crippen molar-refractivity contribution in [1.29, 1.82) is 0 Å². The summed E-state index contributed by atoms with van der Waals surface area (Å²) in [5, 5.41) is 5.60. The number of ether oxygens (including phenoxy) is 1. The first-order chi connectivity index (χ1) is 9.43. The molecule has 0 bridgehead atoms. The highest BCUT2D eigenvalue weighted by Gasteiger charge is 2.14. The summed E-state index contributed by atoms with van der Waals surface area (Å²) in [7, 11) is 5.16. The number of carbonyl (C=O) groups excluding carboxylic acids is 1. The summed E-state index contributed by atoms with van der Waals surface area (Å²) in [5.41, 5.74) is 5.60. The number of nitrogens with zero attached hydrogens (tertiary/aromatic N) is 4. The molecule has 0 aromatic carbocycles. The lowest BCUT2D eigenvalue weighted by Gasteiger charge is -2.16. The molecular weight excluding hydrogens is 262 g/mol. The second kappa shape index (κ2) is 7.43. The van der Waals surface area contributed by atoms with Gasteiger partial charge in [0.05, 0.1) is 6.61 Å². The van der Waals surface area contributed by atoms with Crippen LogP contribution in [0.15, 0.2) is 0 Å². The molecule has 0 aliphatic rings. The van der Waals surface area contributed by atoms with Crippen LogP contribution in [0.5, 0.6) is 0 Å². The van der Waals surface area contributed by atoms with E-state index in [4.69, 9.17) is 10.5 Å². The van der Waals surface area contributed by atoms with Crippen LogP contribution in [-0.2, 0) is 9.53 Å². The van der Waals surface area contributed by atoms with Crippen LogP contribution in [0.2, 0.25) is 0 Å². The summed E-state index contributed by atoms with van der Waals surface area (Å²) < 4.78 is 4.86. The molecule has 1 unspecified atom stereocenters. The Morgan fingerprint density at radius 2 is 2.10 bits per heavy atom. The van der Waals surface area contributed by atoms with Crippen molar-refractivity contribution >= 4 is 23.8 Å². The van der Waals surface area contributed by atoms with Crippen molar-refractivity contribution < 1.29 is 9.53 Å². The van der Waals surface area contributed by atoms with E-state index >= 15 is 0 Å². The van der Waals surface area contributed by atoms with Gasteiger partial charge in [0.1, 0.15) is 6.04 Å². The lowest BCUT2D eigenvalue weighted by Crippen LogP contribution is -2.39. The van der Waals surface area contributed by atoms with E-state index in [1.807, 2.05) is 0 Å². The normalized spacial score (nSPS) is 11.8. The molecule has 1 aromatic rings. The number of hydrogen-bond donors (Lipinski definition) is 3. The fraction of sp³-hybridized carbons (Fsp3) is 0.636. The first-order valence-electron chi connectivity index (χ1n) is 6.16. The largest absolute Gasteiger partial charge is 0.383 e. The predicted molar refractivity (Wildman–Crippen MR) is 76.5 cm³/mol. The Balaban J connectivity index is 2.65. The molecule has 0 fully saturated rings. The molecule has 112 valence electrons. The average molecular weight is 283 g/mol. The number of methoxy groups -OCH3 is 1. The minimum atomic E-state index is -0.497. The molecule has 0 spiro atoms. The van der Waals surface area contributed by atoms with Gasteiger partial charge in [-0.3, -0.25) is 4.79 Å². The van der Waals surface area contributed by atoms with E-state index in [9.17, 15) is 4.79 Å². The van der Waals surface area contributed by atoms with E-state index in [1.165, 1.54) is 0 Å². The molecule has 9 nitrogen and oxygen atoms in total. The summed E-state index contributed by atoms with van der Waals surface area (Å²) in [5.74, 6) is 0.605. The molecule has 20 heavy (non-hydrogen) atoms. The van der Waals surface area contributed by atoms with Crippen LogP contribution in [0, 0.1) is 0 Å². The maximum Gasteiger partial charge on any atom is 0.242 e. The van der Waals surface area contributed by atoms with E-state index < -0.39 is 6.04 Å². The minimum Gasteiger partial charge on any atom is -0.383 e. The predicted octanol–water partition coefficient (Wildman–Crippen LogP) is -0.917. The van der Waals surface area contributed by atoms with Crippen molar-refractivity contribution in [2.24, 2.45) is 0 Å². The molecule has 1 rings (SSSR count). The molecule has 1 amide bonds. The highest BCUT2D eigenvalue weighted by molar-refractivity contribution is 5.83. The number of amides is 1. The molecule has 1 atom stereocenters. The first-order valence-corrected chi connectivity index (χ1v) is 6.16. The fourth-order valence-electron chi connectivity index (χ4n) is 1.33. The quantitative estimate of drug-likeness (QED) is 0.550. The zero-order chi connectivity index (χ0) is 15.1. The Bertz CT molecular complexity index is 452. The summed E-state index contributed by atoms with van der Waals surface area (Å²) in [6.45, 7) is 2.61. The molecule has 1 heterocycles. The van der Waals surface area contributed by atoms with E-state index in [-0.39, 0.29) is 17.8 Å². The molecule has 0 saturated heterocycles. The third-order valence-electron chi connectivity index (χ3n) is 2.39. The van der Waals surface area contributed by atoms with Crippen molar-refractivity contribution in [2.45, 2.75) is 13.0 Å². The van der Waals surface area contributed by atoms with Gasteiger partial charge in [0.15, 0.2) is 0 Å². The number of hydrogen-bond acceptors (Lipinski definition) is 8. The number of anilines is 3. The summed E-state index contributed by atoms with van der Waals surface area (Å²) in [4.78, 5) is 25.6. The third-order valence-corrected chi connectivity index (χ3v) is 2.39. The third kappa shape index (κ3) is 4.84. The van der Waals surface area contributed by atoms with Crippen molar-refractivity contribution in [3.8, 4) is 0 Å². The van der Waals surface area contributed by atoms with Gasteiger partial charge in [-0.2, -0.15) is 15.0 Å². The number of rotatable bonds is 7. The van der Waals surface area contributed by atoms with Crippen molar-refractivity contribution in [1.82, 2.24) is 20.3 Å². The maximum atomic E-state index is 11.8. The van der Waals surface area contributed by atoms with Crippen LogP contribution >= 0.6 is 0 Å². The van der Waals surface area contributed by atoms with Crippen LogP contribution in [0.4, 0.5) is 17.8 Å². The zero-order valence-electron chi connectivity index (χ0n) is 12.2. The average Bonchev–Trinajstić information content (AvgIpc) is 2.38. The van der Waals surface area contributed by atoms with Gasteiger partial charge in [-0.1, -0.05) is 0 Å². The number of carbonyl (C=O) groups is 1. The van der Waals surface area contributed by atoms with Gasteiger partial charge in [0, 0.05) is 27.7 Å². The fourth-order valence-corrected chi connectivity index (χ4v) is 1.33. The molecular formula is C11H21N7O2. The van der Waals surface area contributed by atoms with Crippen molar-refractivity contribution in [3.05, 3.63) is 0 Å². The van der Waals surface area contributed by atoms with Crippen LogP contribution in [0.25, 0.3) is 0 Å². The number of nitrogens with two attached hydrogens (primary N) is 1.